The maximum Gasteiger partial charge on any atom is 0.359 e. The molecule has 6 nitrogen and oxygen atoms in total. The van der Waals surface area contributed by atoms with Crippen molar-refractivity contribution in [1.82, 2.24) is 9.19 Å². The Morgan fingerprint density at radius 1 is 1.17 bits per heavy atom. The molecule has 9 heteroatoms. The Bertz CT molecular complexity index is 1060. The summed E-state index contributed by atoms with van der Waals surface area (Å²) in [4.78, 5) is 11.7. The fourth-order valence-electron chi connectivity index (χ4n) is 2.25. The lowest BCUT2D eigenvalue weighted by Gasteiger charge is -2.07. The summed E-state index contributed by atoms with van der Waals surface area (Å²) in [7, 11) is -2.93. The summed E-state index contributed by atoms with van der Waals surface area (Å²) >= 11 is 11.8. The van der Waals surface area contributed by atoms with Crippen molar-refractivity contribution in [3.8, 4) is 0 Å². The second-order valence-electron chi connectivity index (χ2n) is 4.78. The Morgan fingerprint density at radius 2 is 1.88 bits per heavy atom. The average Bonchev–Trinajstić information content (AvgIpc) is 2.94. The van der Waals surface area contributed by atoms with Gasteiger partial charge in [-0.25, -0.2) is 4.79 Å². The van der Waals surface area contributed by atoms with Gasteiger partial charge >= 0.3 is 5.97 Å². The van der Waals surface area contributed by atoms with Crippen LogP contribution in [0, 0.1) is 0 Å². The summed E-state index contributed by atoms with van der Waals surface area (Å²) in [5.74, 6) is -0.734. The Hall–Kier alpha value is -2.09. The van der Waals surface area contributed by atoms with Gasteiger partial charge in [-0.15, -0.1) is 5.10 Å². The maximum atomic E-state index is 12.9. The van der Waals surface area contributed by atoms with Crippen molar-refractivity contribution in [3.05, 3.63) is 58.2 Å². The Morgan fingerprint density at radius 3 is 2.54 bits per heavy atom. The largest absolute Gasteiger partial charge is 0.464 e. The number of hydrogen-bond acceptors (Lipinski definition) is 5. The molecule has 0 N–H and O–H groups in total. The van der Waals surface area contributed by atoms with E-state index in [1.807, 2.05) is 0 Å². The van der Waals surface area contributed by atoms with E-state index in [0.29, 0.717) is 10.4 Å². The number of carbonyl (C=O) groups excluding carboxylic acids is 1. The summed E-state index contributed by atoms with van der Waals surface area (Å²) in [6.45, 7) is 0. The van der Waals surface area contributed by atoms with Gasteiger partial charge in [0.15, 0.2) is 5.69 Å². The zero-order chi connectivity index (χ0) is 17.5. The molecule has 0 aliphatic carbocycles. The third kappa shape index (κ3) is 2.64. The van der Waals surface area contributed by atoms with E-state index in [0.717, 1.165) is 4.09 Å². The number of para-hydroxylation sites is 1. The van der Waals surface area contributed by atoms with Crippen molar-refractivity contribution in [2.45, 2.75) is 4.90 Å². The van der Waals surface area contributed by atoms with Crippen molar-refractivity contribution >= 4 is 50.1 Å². The van der Waals surface area contributed by atoms with Crippen LogP contribution in [0.4, 0.5) is 0 Å². The van der Waals surface area contributed by atoms with Crippen LogP contribution < -0.4 is 0 Å². The van der Waals surface area contributed by atoms with Gasteiger partial charge in [-0.05, 0) is 24.3 Å². The fourth-order valence-corrected chi connectivity index (χ4v) is 4.29. The molecule has 1 heterocycles. The van der Waals surface area contributed by atoms with E-state index in [4.69, 9.17) is 23.2 Å². The second kappa shape index (κ2) is 6.08. The smallest absolute Gasteiger partial charge is 0.359 e. The molecule has 0 fully saturated rings. The molecule has 3 rings (SSSR count). The number of benzene rings is 2. The normalized spacial score (nSPS) is 11.6. The molecule has 0 unspecified atom stereocenters. The van der Waals surface area contributed by atoms with E-state index in [1.54, 1.807) is 18.2 Å². The van der Waals surface area contributed by atoms with Crippen LogP contribution in [0.2, 0.25) is 10.0 Å². The average molecular weight is 385 g/mol. The van der Waals surface area contributed by atoms with Crippen LogP contribution in [0.15, 0.2) is 47.4 Å². The number of ether oxygens (including phenoxy) is 1. The molecule has 124 valence electrons. The highest BCUT2D eigenvalue weighted by atomic mass is 35.5. The molecule has 0 spiro atoms. The Labute approximate surface area is 147 Å². The zero-order valence-electron chi connectivity index (χ0n) is 12.2. The molecule has 0 radical (unpaired) electrons. The Kier molecular flexibility index (Phi) is 4.25. The van der Waals surface area contributed by atoms with E-state index < -0.39 is 16.0 Å². The molecule has 2 aromatic carbocycles. The minimum atomic E-state index is -4.13. The molecule has 0 saturated carbocycles. The van der Waals surface area contributed by atoms with E-state index in [1.165, 1.54) is 31.4 Å². The molecular weight excluding hydrogens is 375 g/mol. The summed E-state index contributed by atoms with van der Waals surface area (Å²) in [6.07, 6.45) is 0. The minimum Gasteiger partial charge on any atom is -0.464 e. The van der Waals surface area contributed by atoms with E-state index in [9.17, 15) is 13.2 Å². The van der Waals surface area contributed by atoms with Crippen molar-refractivity contribution in [2.24, 2.45) is 0 Å². The van der Waals surface area contributed by atoms with Gasteiger partial charge < -0.3 is 4.74 Å². The van der Waals surface area contributed by atoms with E-state index >= 15 is 0 Å². The number of halogens is 2. The second-order valence-corrected chi connectivity index (χ2v) is 7.36. The highest BCUT2D eigenvalue weighted by molar-refractivity contribution is 7.90. The van der Waals surface area contributed by atoms with Gasteiger partial charge in [0.05, 0.1) is 17.6 Å². The number of fused-ring (bicyclic) bond motifs is 1. The molecule has 1 aromatic heterocycles. The van der Waals surface area contributed by atoms with Crippen molar-refractivity contribution < 1.29 is 17.9 Å². The third-order valence-electron chi connectivity index (χ3n) is 3.33. The van der Waals surface area contributed by atoms with Gasteiger partial charge in [0.2, 0.25) is 0 Å². The topological polar surface area (TPSA) is 78.3 Å². The maximum absolute atomic E-state index is 12.9. The fraction of sp³-hybridized carbons (Fsp3) is 0.0667. The highest BCUT2D eigenvalue weighted by Gasteiger charge is 2.27. The predicted molar refractivity (Wildman–Crippen MR) is 90.1 cm³/mol. The highest BCUT2D eigenvalue weighted by Crippen LogP contribution is 2.29. The molecule has 0 saturated heterocycles. The van der Waals surface area contributed by atoms with Crippen LogP contribution in [0.1, 0.15) is 10.5 Å². The number of rotatable bonds is 3. The number of aromatic nitrogens is 2. The van der Waals surface area contributed by atoms with Gasteiger partial charge in [0.1, 0.15) is 4.90 Å². The zero-order valence-corrected chi connectivity index (χ0v) is 14.6. The van der Waals surface area contributed by atoms with Gasteiger partial charge in [-0.2, -0.15) is 12.5 Å². The van der Waals surface area contributed by atoms with Crippen molar-refractivity contribution in [2.75, 3.05) is 7.11 Å². The molecule has 24 heavy (non-hydrogen) atoms. The number of hydrogen-bond donors (Lipinski definition) is 0. The van der Waals surface area contributed by atoms with Crippen molar-refractivity contribution in [3.63, 3.8) is 0 Å². The first-order valence-corrected chi connectivity index (χ1v) is 8.82. The van der Waals surface area contributed by atoms with Gasteiger partial charge in [-0.1, -0.05) is 41.4 Å². The third-order valence-corrected chi connectivity index (χ3v) is 5.64. The molecule has 3 aromatic rings. The SMILES string of the molecule is COC(=O)c1nn(S(=O)(=O)c2ccc(Cl)cc2Cl)c2ccccc12. The first-order valence-electron chi connectivity index (χ1n) is 6.63. The lowest BCUT2D eigenvalue weighted by atomic mass is 10.2. The molecule has 0 bridgehead atoms. The van der Waals surface area contributed by atoms with Crippen LogP contribution in [-0.2, 0) is 14.8 Å². The number of nitrogens with zero attached hydrogens (tertiary/aromatic N) is 2. The van der Waals surface area contributed by atoms with Crippen molar-refractivity contribution in [1.29, 1.82) is 0 Å². The molecule has 0 aliphatic rings. The van der Waals surface area contributed by atoms with Gasteiger partial charge in [0, 0.05) is 10.4 Å². The lowest BCUT2D eigenvalue weighted by molar-refractivity contribution is 0.0596. The number of esters is 1. The molecule has 0 atom stereocenters. The lowest BCUT2D eigenvalue weighted by Crippen LogP contribution is -2.16. The molecule has 0 aliphatic heterocycles. The Balaban J connectivity index is 2.31. The number of carbonyl (C=O) groups is 1. The first kappa shape index (κ1) is 16.8. The van der Waals surface area contributed by atoms with E-state index in [-0.39, 0.29) is 21.1 Å². The van der Waals surface area contributed by atoms with Crippen LogP contribution in [0.3, 0.4) is 0 Å². The van der Waals surface area contributed by atoms with Crippen LogP contribution in [0.25, 0.3) is 10.9 Å². The first-order chi connectivity index (χ1) is 11.4. The minimum absolute atomic E-state index is 0.0401. The van der Waals surface area contributed by atoms with Crippen LogP contribution in [0.5, 0.6) is 0 Å². The molecule has 0 amide bonds. The molecular formula is C15H10Cl2N2O4S. The monoisotopic (exact) mass is 384 g/mol. The van der Waals surface area contributed by atoms with Crippen LogP contribution in [-0.4, -0.2) is 30.7 Å². The van der Waals surface area contributed by atoms with E-state index in [2.05, 4.69) is 9.84 Å². The number of methoxy groups -OCH3 is 1. The predicted octanol–water partition coefficient (Wildman–Crippen LogP) is 3.37. The standard InChI is InChI=1S/C15H10Cl2N2O4S/c1-23-15(20)14-10-4-2-3-5-12(10)19(18-14)24(21,22)13-7-6-9(16)8-11(13)17/h2-8H,1H3. The summed E-state index contributed by atoms with van der Waals surface area (Å²) < 4.78 is 31.3. The quantitative estimate of drug-likeness (QED) is 0.646. The van der Waals surface area contributed by atoms with Crippen LogP contribution >= 0.6 is 23.2 Å². The summed E-state index contributed by atoms with van der Waals surface area (Å²) in [5, 5.41) is 4.56. The van der Waals surface area contributed by atoms with Gasteiger partial charge in [0.25, 0.3) is 10.0 Å². The summed E-state index contributed by atoms with van der Waals surface area (Å²) in [5.41, 5.74) is 0.144. The van der Waals surface area contributed by atoms with Gasteiger partial charge in [-0.3, -0.25) is 0 Å². The summed E-state index contributed by atoms with van der Waals surface area (Å²) in [6, 6.07) is 10.5.